The van der Waals surface area contributed by atoms with Gasteiger partial charge in [-0.3, -0.25) is 0 Å². The van der Waals surface area contributed by atoms with Crippen molar-refractivity contribution in [3.8, 4) is 0 Å². The van der Waals surface area contributed by atoms with Gasteiger partial charge in [-0.2, -0.15) is 0 Å². The molecule has 0 aliphatic heterocycles. The number of nitrogen functional groups attached to an aromatic ring is 1. The number of anilines is 1. The molecule has 114 valence electrons. The first-order valence-corrected chi connectivity index (χ1v) is 8.14. The van der Waals surface area contributed by atoms with Gasteiger partial charge in [-0.05, 0) is 55.8 Å². The highest BCUT2D eigenvalue weighted by Gasteiger charge is 2.12. The Hall–Kier alpha value is -1.61. The number of hydrogen-bond acceptors (Lipinski definition) is 3. The Morgan fingerprint density at radius 2 is 1.67 bits per heavy atom. The molecular formula is C18H27N3. The fraction of sp³-hybridized carbons (Fsp3) is 0.500. The average molecular weight is 285 g/mol. The lowest BCUT2D eigenvalue weighted by Gasteiger charge is -2.15. The molecule has 0 bridgehead atoms. The van der Waals surface area contributed by atoms with Crippen LogP contribution in [0.3, 0.4) is 0 Å². The van der Waals surface area contributed by atoms with E-state index in [2.05, 4.69) is 24.0 Å². The normalized spacial score (nSPS) is 11.1. The summed E-state index contributed by atoms with van der Waals surface area (Å²) in [6.45, 7) is 2.98. The van der Waals surface area contributed by atoms with Crippen LogP contribution in [0.15, 0.2) is 24.3 Å². The lowest BCUT2D eigenvalue weighted by molar-refractivity contribution is 0.703. The maximum Gasteiger partial charge on any atom is 0.127 e. The minimum Gasteiger partial charge on any atom is -0.383 e. The molecule has 3 heteroatoms. The lowest BCUT2D eigenvalue weighted by Crippen LogP contribution is -2.06. The van der Waals surface area contributed by atoms with Gasteiger partial charge in [0, 0.05) is 5.39 Å². The summed E-state index contributed by atoms with van der Waals surface area (Å²) >= 11 is 0. The number of pyridine rings is 1. The van der Waals surface area contributed by atoms with Gasteiger partial charge >= 0.3 is 0 Å². The third kappa shape index (κ3) is 3.94. The fourth-order valence-electron chi connectivity index (χ4n) is 2.90. The van der Waals surface area contributed by atoms with E-state index >= 15 is 0 Å². The van der Waals surface area contributed by atoms with Crippen LogP contribution < -0.4 is 11.5 Å². The van der Waals surface area contributed by atoms with Gasteiger partial charge in [-0.1, -0.05) is 38.0 Å². The highest BCUT2D eigenvalue weighted by molar-refractivity contribution is 5.85. The summed E-state index contributed by atoms with van der Waals surface area (Å²) in [6, 6.07) is 8.33. The van der Waals surface area contributed by atoms with Crippen molar-refractivity contribution in [2.45, 2.75) is 51.9 Å². The Morgan fingerprint density at radius 1 is 0.952 bits per heavy atom. The van der Waals surface area contributed by atoms with Gasteiger partial charge in [0.15, 0.2) is 0 Å². The van der Waals surface area contributed by atoms with Crippen LogP contribution in [0.1, 0.15) is 50.2 Å². The number of unbranched alkanes of at least 4 members (excludes halogenated alkanes) is 3. The van der Waals surface area contributed by atoms with E-state index in [1.165, 1.54) is 35.8 Å². The summed E-state index contributed by atoms with van der Waals surface area (Å²) in [5, 5.41) is 1.26. The van der Waals surface area contributed by atoms with E-state index in [0.29, 0.717) is 5.82 Å². The van der Waals surface area contributed by atoms with Crippen LogP contribution in [-0.2, 0) is 12.8 Å². The average Bonchev–Trinajstić information content (AvgIpc) is 2.49. The van der Waals surface area contributed by atoms with Crippen LogP contribution in [0.25, 0.3) is 10.9 Å². The molecule has 0 amide bonds. The number of para-hydroxylation sites is 1. The number of aromatic nitrogens is 1. The predicted molar refractivity (Wildman–Crippen MR) is 91.4 cm³/mol. The Labute approximate surface area is 127 Å². The highest BCUT2D eigenvalue weighted by Crippen LogP contribution is 2.28. The van der Waals surface area contributed by atoms with E-state index < -0.39 is 0 Å². The smallest absolute Gasteiger partial charge is 0.127 e. The molecule has 0 radical (unpaired) electrons. The van der Waals surface area contributed by atoms with Crippen LogP contribution in [0, 0.1) is 0 Å². The van der Waals surface area contributed by atoms with Gasteiger partial charge in [-0.15, -0.1) is 0 Å². The molecule has 0 spiro atoms. The SMILES string of the molecule is CCCCCc1c(N)nc2ccccc2c1CCCCN. The minimum absolute atomic E-state index is 0.715. The quantitative estimate of drug-likeness (QED) is 0.724. The van der Waals surface area contributed by atoms with E-state index in [1.807, 2.05) is 12.1 Å². The van der Waals surface area contributed by atoms with Crippen molar-refractivity contribution in [2.75, 3.05) is 12.3 Å². The van der Waals surface area contributed by atoms with E-state index in [9.17, 15) is 0 Å². The molecule has 2 rings (SSSR count). The molecule has 0 unspecified atom stereocenters. The fourth-order valence-corrected chi connectivity index (χ4v) is 2.90. The van der Waals surface area contributed by atoms with Crippen LogP contribution in [-0.4, -0.2) is 11.5 Å². The number of nitrogens with two attached hydrogens (primary N) is 2. The zero-order chi connectivity index (χ0) is 15.1. The topological polar surface area (TPSA) is 64.9 Å². The van der Waals surface area contributed by atoms with Gasteiger partial charge in [-0.25, -0.2) is 4.98 Å². The summed E-state index contributed by atoms with van der Waals surface area (Å²) in [5.41, 5.74) is 15.5. The first kappa shape index (κ1) is 15.8. The Kier molecular flexibility index (Phi) is 6.00. The third-order valence-electron chi connectivity index (χ3n) is 4.05. The molecule has 0 saturated heterocycles. The van der Waals surface area contributed by atoms with Crippen molar-refractivity contribution >= 4 is 16.7 Å². The van der Waals surface area contributed by atoms with Gasteiger partial charge in [0.05, 0.1) is 5.52 Å². The number of aryl methyl sites for hydroxylation is 1. The number of fused-ring (bicyclic) bond motifs is 1. The first-order chi connectivity index (χ1) is 10.3. The molecule has 0 saturated carbocycles. The third-order valence-corrected chi connectivity index (χ3v) is 4.05. The second kappa shape index (κ2) is 7.99. The maximum absolute atomic E-state index is 6.24. The number of rotatable bonds is 8. The summed E-state index contributed by atoms with van der Waals surface area (Å²) < 4.78 is 0. The van der Waals surface area contributed by atoms with Crippen molar-refractivity contribution in [3.05, 3.63) is 35.4 Å². The Bertz CT molecular complexity index is 578. The zero-order valence-corrected chi connectivity index (χ0v) is 13.1. The predicted octanol–water partition coefficient (Wildman–Crippen LogP) is 3.83. The van der Waals surface area contributed by atoms with Crippen molar-refractivity contribution in [2.24, 2.45) is 5.73 Å². The Balaban J connectivity index is 2.37. The summed E-state index contributed by atoms with van der Waals surface area (Å²) in [5.74, 6) is 0.715. The van der Waals surface area contributed by atoms with E-state index in [-0.39, 0.29) is 0 Å². The molecular weight excluding hydrogens is 258 g/mol. The first-order valence-electron chi connectivity index (χ1n) is 8.14. The molecule has 0 aliphatic rings. The minimum atomic E-state index is 0.715. The summed E-state index contributed by atoms with van der Waals surface area (Å²) in [7, 11) is 0. The van der Waals surface area contributed by atoms with Gasteiger partial charge in [0.1, 0.15) is 5.82 Å². The zero-order valence-electron chi connectivity index (χ0n) is 13.1. The molecule has 1 heterocycles. The second-order valence-electron chi connectivity index (χ2n) is 5.67. The molecule has 21 heavy (non-hydrogen) atoms. The molecule has 3 nitrogen and oxygen atoms in total. The van der Waals surface area contributed by atoms with Gasteiger partial charge in [0.2, 0.25) is 0 Å². The van der Waals surface area contributed by atoms with Crippen molar-refractivity contribution < 1.29 is 0 Å². The van der Waals surface area contributed by atoms with Crippen LogP contribution in [0.4, 0.5) is 5.82 Å². The number of benzene rings is 1. The van der Waals surface area contributed by atoms with Crippen molar-refractivity contribution in [3.63, 3.8) is 0 Å². The van der Waals surface area contributed by atoms with Crippen LogP contribution in [0.2, 0.25) is 0 Å². The van der Waals surface area contributed by atoms with Crippen molar-refractivity contribution in [1.82, 2.24) is 4.98 Å². The van der Waals surface area contributed by atoms with E-state index in [1.54, 1.807) is 0 Å². The molecule has 4 N–H and O–H groups in total. The molecule has 2 aromatic rings. The Morgan fingerprint density at radius 3 is 2.43 bits per heavy atom. The molecule has 1 aromatic carbocycles. The highest BCUT2D eigenvalue weighted by atomic mass is 14.8. The largest absolute Gasteiger partial charge is 0.383 e. The standard InChI is InChI=1S/C18H27N3/c1-2-3-4-11-16-14(9-7-8-13-19)15-10-5-6-12-17(15)21-18(16)20/h5-6,10,12H,2-4,7-9,11,13,19H2,1H3,(H2,20,21). The van der Waals surface area contributed by atoms with Crippen LogP contribution in [0.5, 0.6) is 0 Å². The van der Waals surface area contributed by atoms with Crippen molar-refractivity contribution in [1.29, 1.82) is 0 Å². The number of nitrogens with zero attached hydrogens (tertiary/aromatic N) is 1. The second-order valence-corrected chi connectivity index (χ2v) is 5.67. The molecule has 0 atom stereocenters. The van der Waals surface area contributed by atoms with Gasteiger partial charge < -0.3 is 11.5 Å². The molecule has 0 aliphatic carbocycles. The summed E-state index contributed by atoms with van der Waals surface area (Å²) in [6.07, 6.45) is 7.92. The number of hydrogen-bond donors (Lipinski definition) is 2. The molecule has 1 aromatic heterocycles. The van der Waals surface area contributed by atoms with Gasteiger partial charge in [0.25, 0.3) is 0 Å². The lowest BCUT2D eigenvalue weighted by atomic mass is 9.94. The monoisotopic (exact) mass is 285 g/mol. The summed E-state index contributed by atoms with van der Waals surface area (Å²) in [4.78, 5) is 4.60. The van der Waals surface area contributed by atoms with E-state index in [4.69, 9.17) is 11.5 Å². The van der Waals surface area contributed by atoms with Crippen LogP contribution >= 0.6 is 0 Å². The maximum atomic E-state index is 6.24. The van der Waals surface area contributed by atoms with E-state index in [0.717, 1.165) is 37.7 Å². The molecule has 0 fully saturated rings.